The van der Waals surface area contributed by atoms with Crippen LogP contribution < -0.4 is 9.47 Å². The molecular weight excluding hydrogens is 344 g/mol. The number of hydrogen-bond donors (Lipinski definition) is 0. The quantitative estimate of drug-likeness (QED) is 0.691. The van der Waals surface area contributed by atoms with E-state index in [1.807, 2.05) is 36.9 Å². The summed E-state index contributed by atoms with van der Waals surface area (Å²) in [6.07, 6.45) is 0.742. The molecule has 0 bridgehead atoms. The molecule has 0 aliphatic carbocycles. The molecular formula is C17H22N2O3S2. The smallest absolute Gasteiger partial charge is 0.252 e. The molecule has 7 heteroatoms. The van der Waals surface area contributed by atoms with Crippen LogP contribution in [0.5, 0.6) is 11.5 Å². The zero-order valence-electron chi connectivity index (χ0n) is 14.0. The first kappa shape index (κ1) is 17.4. The molecule has 0 radical (unpaired) electrons. The second-order valence-electron chi connectivity index (χ2n) is 5.66. The zero-order valence-corrected chi connectivity index (χ0v) is 15.6. The van der Waals surface area contributed by atoms with Gasteiger partial charge in [0.15, 0.2) is 16.6 Å². The molecule has 130 valence electrons. The van der Waals surface area contributed by atoms with Crippen molar-refractivity contribution in [3.05, 3.63) is 23.8 Å². The van der Waals surface area contributed by atoms with E-state index in [1.54, 1.807) is 16.7 Å². The van der Waals surface area contributed by atoms with Gasteiger partial charge in [-0.3, -0.25) is 9.69 Å². The lowest BCUT2D eigenvalue weighted by molar-refractivity contribution is -0.127. The van der Waals surface area contributed by atoms with Crippen molar-refractivity contribution in [2.75, 3.05) is 31.4 Å². The molecule has 5 nitrogen and oxygen atoms in total. The molecule has 0 unspecified atom stereocenters. The van der Waals surface area contributed by atoms with E-state index in [2.05, 4.69) is 0 Å². The topological polar surface area (TPSA) is 42.0 Å². The molecule has 1 amide bonds. The van der Waals surface area contributed by atoms with Gasteiger partial charge in [-0.05, 0) is 50.2 Å². The fourth-order valence-electron chi connectivity index (χ4n) is 2.96. The van der Waals surface area contributed by atoms with Crippen LogP contribution in [-0.2, 0) is 11.2 Å². The SMILES string of the molecule is CCOc1ccc(CCN2C(=O)[C@H]3CSCN3C2=S)cc1OCC. The van der Waals surface area contributed by atoms with E-state index >= 15 is 0 Å². The molecule has 0 N–H and O–H groups in total. The maximum absolute atomic E-state index is 12.5. The molecule has 0 saturated carbocycles. The van der Waals surface area contributed by atoms with Crippen LogP contribution in [0.4, 0.5) is 0 Å². The lowest BCUT2D eigenvalue weighted by Crippen LogP contribution is -2.34. The van der Waals surface area contributed by atoms with Gasteiger partial charge in [-0.2, -0.15) is 0 Å². The molecule has 2 heterocycles. The molecule has 1 atom stereocenters. The van der Waals surface area contributed by atoms with Crippen molar-refractivity contribution in [1.29, 1.82) is 0 Å². The van der Waals surface area contributed by atoms with Gasteiger partial charge in [-0.1, -0.05) is 6.07 Å². The van der Waals surface area contributed by atoms with Crippen LogP contribution in [0, 0.1) is 0 Å². The van der Waals surface area contributed by atoms with E-state index in [1.165, 1.54) is 0 Å². The van der Waals surface area contributed by atoms with E-state index in [4.69, 9.17) is 21.7 Å². The Labute approximate surface area is 152 Å². The summed E-state index contributed by atoms with van der Waals surface area (Å²) in [5, 5.41) is 0.672. The summed E-state index contributed by atoms with van der Waals surface area (Å²) in [7, 11) is 0. The van der Waals surface area contributed by atoms with Crippen LogP contribution in [0.2, 0.25) is 0 Å². The number of thioether (sulfide) groups is 1. The number of ether oxygens (including phenoxy) is 2. The van der Waals surface area contributed by atoms with Crippen LogP contribution in [0.25, 0.3) is 0 Å². The fourth-order valence-corrected chi connectivity index (χ4v) is 4.57. The minimum absolute atomic E-state index is 0.0539. The number of thiocarbonyl (C=S) groups is 1. The van der Waals surface area contributed by atoms with Crippen molar-refractivity contribution in [2.24, 2.45) is 0 Å². The van der Waals surface area contributed by atoms with Crippen LogP contribution in [0.15, 0.2) is 18.2 Å². The summed E-state index contributed by atoms with van der Waals surface area (Å²) < 4.78 is 11.3. The highest BCUT2D eigenvalue weighted by molar-refractivity contribution is 7.99. The Morgan fingerprint density at radius 1 is 1.25 bits per heavy atom. The molecule has 2 aliphatic rings. The first-order chi connectivity index (χ1) is 11.7. The van der Waals surface area contributed by atoms with E-state index < -0.39 is 0 Å². The van der Waals surface area contributed by atoms with Crippen molar-refractivity contribution in [3.8, 4) is 11.5 Å². The Morgan fingerprint density at radius 2 is 2.00 bits per heavy atom. The Morgan fingerprint density at radius 3 is 2.71 bits per heavy atom. The number of rotatable bonds is 7. The standard InChI is InChI=1S/C17H22N2O3S2/c1-3-21-14-6-5-12(9-15(14)22-4-2)7-8-18-16(20)13-10-24-11-19(13)17(18)23/h5-6,9,13H,3-4,7-8,10-11H2,1-2H3/t13-/m1/s1. The van der Waals surface area contributed by atoms with Gasteiger partial charge in [0.05, 0.1) is 19.1 Å². The third-order valence-corrected chi connectivity index (χ3v) is 5.61. The molecule has 2 fully saturated rings. The number of amides is 1. The minimum atomic E-state index is -0.0539. The van der Waals surface area contributed by atoms with Crippen LogP contribution in [0.3, 0.4) is 0 Å². The first-order valence-corrected chi connectivity index (χ1v) is 9.80. The van der Waals surface area contributed by atoms with E-state index in [0.717, 1.165) is 35.1 Å². The molecule has 2 saturated heterocycles. The third kappa shape index (κ3) is 3.32. The number of nitrogens with zero attached hydrogens (tertiary/aromatic N) is 2. The molecule has 2 aliphatic heterocycles. The average Bonchev–Trinajstić information content (AvgIpc) is 3.14. The highest BCUT2D eigenvalue weighted by Crippen LogP contribution is 2.31. The number of fused-ring (bicyclic) bond motifs is 1. The van der Waals surface area contributed by atoms with Crippen molar-refractivity contribution in [1.82, 2.24) is 9.80 Å². The van der Waals surface area contributed by atoms with Gasteiger partial charge in [-0.25, -0.2) is 0 Å². The normalized spacial score (nSPS) is 19.8. The van der Waals surface area contributed by atoms with Crippen molar-refractivity contribution < 1.29 is 14.3 Å². The van der Waals surface area contributed by atoms with E-state index in [0.29, 0.717) is 24.9 Å². The predicted molar refractivity (Wildman–Crippen MR) is 99.7 cm³/mol. The largest absolute Gasteiger partial charge is 0.490 e. The van der Waals surface area contributed by atoms with Gasteiger partial charge >= 0.3 is 0 Å². The van der Waals surface area contributed by atoms with Crippen LogP contribution in [0.1, 0.15) is 19.4 Å². The van der Waals surface area contributed by atoms with Crippen molar-refractivity contribution >= 4 is 35.0 Å². The molecule has 1 aromatic rings. The molecule has 0 spiro atoms. The Hall–Kier alpha value is -1.47. The highest BCUT2D eigenvalue weighted by atomic mass is 32.2. The van der Waals surface area contributed by atoms with Gasteiger partial charge in [0.2, 0.25) is 0 Å². The zero-order chi connectivity index (χ0) is 17.1. The Balaban J connectivity index is 1.67. The van der Waals surface area contributed by atoms with Crippen molar-refractivity contribution in [2.45, 2.75) is 26.3 Å². The summed E-state index contributed by atoms with van der Waals surface area (Å²) in [6, 6.07) is 5.90. The summed E-state index contributed by atoms with van der Waals surface area (Å²) >= 11 is 7.23. The molecule has 3 rings (SSSR count). The first-order valence-electron chi connectivity index (χ1n) is 8.24. The molecule has 24 heavy (non-hydrogen) atoms. The number of carbonyl (C=O) groups is 1. The summed E-state index contributed by atoms with van der Waals surface area (Å²) in [5.74, 6) is 3.31. The number of hydrogen-bond acceptors (Lipinski definition) is 5. The monoisotopic (exact) mass is 366 g/mol. The van der Waals surface area contributed by atoms with Gasteiger partial charge < -0.3 is 14.4 Å². The fraction of sp³-hybridized carbons (Fsp3) is 0.529. The number of carbonyl (C=O) groups excluding carboxylic acids is 1. The average molecular weight is 367 g/mol. The highest BCUT2D eigenvalue weighted by Gasteiger charge is 2.44. The second kappa shape index (κ2) is 7.61. The maximum Gasteiger partial charge on any atom is 0.252 e. The lowest BCUT2D eigenvalue weighted by atomic mass is 10.1. The lowest BCUT2D eigenvalue weighted by Gasteiger charge is -2.19. The van der Waals surface area contributed by atoms with Crippen LogP contribution in [-0.4, -0.2) is 58.2 Å². The third-order valence-electron chi connectivity index (χ3n) is 4.14. The maximum atomic E-state index is 12.5. The second-order valence-corrected chi connectivity index (χ2v) is 7.02. The van der Waals surface area contributed by atoms with E-state index in [-0.39, 0.29) is 11.9 Å². The summed E-state index contributed by atoms with van der Waals surface area (Å²) in [5.41, 5.74) is 1.11. The molecule has 1 aromatic carbocycles. The summed E-state index contributed by atoms with van der Waals surface area (Å²) in [4.78, 5) is 16.2. The summed E-state index contributed by atoms with van der Waals surface area (Å²) in [6.45, 7) is 5.70. The molecule has 0 aromatic heterocycles. The minimum Gasteiger partial charge on any atom is -0.490 e. The van der Waals surface area contributed by atoms with Gasteiger partial charge in [0.25, 0.3) is 5.91 Å². The van der Waals surface area contributed by atoms with Crippen molar-refractivity contribution in [3.63, 3.8) is 0 Å². The van der Waals surface area contributed by atoms with Gasteiger partial charge in [0, 0.05) is 12.3 Å². The van der Waals surface area contributed by atoms with E-state index in [9.17, 15) is 4.79 Å². The Kier molecular flexibility index (Phi) is 5.50. The van der Waals surface area contributed by atoms with Gasteiger partial charge in [-0.15, -0.1) is 11.8 Å². The predicted octanol–water partition coefficient (Wildman–Crippen LogP) is 2.53. The number of benzene rings is 1. The van der Waals surface area contributed by atoms with Crippen LogP contribution >= 0.6 is 24.0 Å². The Bertz CT molecular complexity index is 616. The van der Waals surface area contributed by atoms with Gasteiger partial charge in [0.1, 0.15) is 6.04 Å².